The van der Waals surface area contributed by atoms with E-state index in [4.69, 9.17) is 10.00 Å². The molecule has 0 bridgehead atoms. The van der Waals surface area contributed by atoms with Crippen LogP contribution in [0.3, 0.4) is 0 Å². The number of aromatic nitrogens is 1. The van der Waals surface area contributed by atoms with Crippen LogP contribution in [0.5, 0.6) is 5.75 Å². The van der Waals surface area contributed by atoms with Crippen molar-refractivity contribution < 1.29 is 13.9 Å². The summed E-state index contributed by atoms with van der Waals surface area (Å²) in [5.41, 5.74) is 3.86. The summed E-state index contributed by atoms with van der Waals surface area (Å²) < 4.78 is 20.9. The van der Waals surface area contributed by atoms with E-state index in [2.05, 4.69) is 10.5 Å². The van der Waals surface area contributed by atoms with Crippen molar-refractivity contribution in [3.8, 4) is 17.5 Å². The lowest BCUT2D eigenvalue weighted by Gasteiger charge is -2.07. The maximum atomic E-state index is 13.9. The van der Waals surface area contributed by atoms with Gasteiger partial charge < -0.3 is 9.30 Å². The molecule has 1 amide bonds. The molecule has 0 aliphatic rings. The summed E-state index contributed by atoms with van der Waals surface area (Å²) in [6, 6.07) is 16.6. The average Bonchev–Trinajstić information content (AvgIpc) is 3.16. The lowest BCUT2D eigenvalue weighted by Crippen LogP contribution is -2.19. The number of benzene rings is 2. The fraction of sp³-hybridized carbons (Fsp3) is 0.0500. The fourth-order valence-corrected chi connectivity index (χ4v) is 2.46. The Balaban J connectivity index is 1.73. The molecule has 6 nitrogen and oxygen atoms in total. The predicted octanol–water partition coefficient (Wildman–Crippen LogP) is 3.26. The minimum Gasteiger partial charge on any atom is -0.497 e. The van der Waals surface area contributed by atoms with Gasteiger partial charge in [0.25, 0.3) is 5.91 Å². The Labute approximate surface area is 155 Å². The van der Waals surface area contributed by atoms with Gasteiger partial charge in [0.2, 0.25) is 0 Å². The van der Waals surface area contributed by atoms with Crippen molar-refractivity contribution in [1.29, 1.82) is 5.26 Å². The average molecular weight is 362 g/mol. The smallest absolute Gasteiger partial charge is 0.274 e. The van der Waals surface area contributed by atoms with Gasteiger partial charge in [-0.3, -0.25) is 4.79 Å². The first-order valence-electron chi connectivity index (χ1n) is 7.97. The Morgan fingerprint density at radius 2 is 2.04 bits per heavy atom. The van der Waals surface area contributed by atoms with Crippen LogP contribution in [0.25, 0.3) is 5.69 Å². The van der Waals surface area contributed by atoms with Crippen LogP contribution < -0.4 is 10.2 Å². The van der Waals surface area contributed by atoms with E-state index in [0.717, 1.165) is 23.2 Å². The van der Waals surface area contributed by atoms with Crippen molar-refractivity contribution in [3.05, 3.63) is 83.4 Å². The molecule has 1 N–H and O–H groups in total. The number of halogens is 1. The van der Waals surface area contributed by atoms with E-state index >= 15 is 0 Å². The summed E-state index contributed by atoms with van der Waals surface area (Å²) in [6.07, 6.45) is 3.31. The summed E-state index contributed by atoms with van der Waals surface area (Å²) in [6.45, 7) is 0. The highest BCUT2D eigenvalue weighted by molar-refractivity contribution is 5.95. The van der Waals surface area contributed by atoms with E-state index < -0.39 is 11.7 Å². The predicted molar refractivity (Wildman–Crippen MR) is 98.5 cm³/mol. The second kappa shape index (κ2) is 7.97. The van der Waals surface area contributed by atoms with Crippen molar-refractivity contribution in [2.45, 2.75) is 0 Å². The van der Waals surface area contributed by atoms with Gasteiger partial charge in [-0.15, -0.1) is 0 Å². The van der Waals surface area contributed by atoms with E-state index in [9.17, 15) is 9.18 Å². The molecule has 0 spiro atoms. The molecule has 3 rings (SSSR count). The number of nitrogens with one attached hydrogen (secondary N) is 1. The number of methoxy groups -OCH3 is 1. The summed E-state index contributed by atoms with van der Waals surface area (Å²) >= 11 is 0. The van der Waals surface area contributed by atoms with Gasteiger partial charge in [-0.05, 0) is 54.6 Å². The molecule has 0 unspecified atom stereocenters. The largest absolute Gasteiger partial charge is 0.497 e. The lowest BCUT2D eigenvalue weighted by atomic mass is 10.1. The summed E-state index contributed by atoms with van der Waals surface area (Å²) in [5.74, 6) is -0.725. The monoisotopic (exact) mass is 362 g/mol. The summed E-state index contributed by atoms with van der Waals surface area (Å²) in [5, 5.41) is 12.6. The molecule has 3 aromatic rings. The van der Waals surface area contributed by atoms with Crippen LogP contribution in [0.1, 0.15) is 21.6 Å². The number of hydrazone groups is 1. The Hall–Kier alpha value is -3.92. The second-order valence-electron chi connectivity index (χ2n) is 5.51. The van der Waals surface area contributed by atoms with Crippen LogP contribution in [0, 0.1) is 17.1 Å². The van der Waals surface area contributed by atoms with Gasteiger partial charge in [0.05, 0.1) is 36.2 Å². The maximum absolute atomic E-state index is 13.9. The zero-order valence-corrected chi connectivity index (χ0v) is 14.4. The van der Waals surface area contributed by atoms with Gasteiger partial charge in [0, 0.05) is 11.9 Å². The Kier molecular flexibility index (Phi) is 5.28. The molecule has 0 fully saturated rings. The summed E-state index contributed by atoms with van der Waals surface area (Å²) in [7, 11) is 1.60. The van der Waals surface area contributed by atoms with Gasteiger partial charge in [0.15, 0.2) is 0 Å². The Bertz CT molecular complexity index is 1030. The Morgan fingerprint density at radius 3 is 2.70 bits per heavy atom. The van der Waals surface area contributed by atoms with Crippen LogP contribution in [0.4, 0.5) is 4.39 Å². The maximum Gasteiger partial charge on any atom is 0.274 e. The highest BCUT2D eigenvalue weighted by Crippen LogP contribution is 2.16. The van der Waals surface area contributed by atoms with Gasteiger partial charge in [-0.2, -0.15) is 10.4 Å². The minimum absolute atomic E-state index is 0.143. The van der Waals surface area contributed by atoms with E-state index in [1.807, 2.05) is 53.2 Å². The third kappa shape index (κ3) is 4.02. The number of carbonyl (C=O) groups is 1. The molecular weight excluding hydrogens is 347 g/mol. The van der Waals surface area contributed by atoms with E-state index in [0.29, 0.717) is 0 Å². The molecule has 2 aromatic carbocycles. The third-order valence-corrected chi connectivity index (χ3v) is 3.84. The molecule has 0 saturated heterocycles. The minimum atomic E-state index is -0.775. The first kappa shape index (κ1) is 17.9. The number of hydrogen-bond donors (Lipinski definition) is 1. The molecule has 0 aliphatic carbocycles. The normalized spacial score (nSPS) is 10.6. The van der Waals surface area contributed by atoms with E-state index in [1.165, 1.54) is 18.3 Å². The van der Waals surface area contributed by atoms with Crippen LogP contribution in [-0.4, -0.2) is 23.8 Å². The van der Waals surface area contributed by atoms with Crippen LogP contribution in [-0.2, 0) is 0 Å². The number of amides is 1. The third-order valence-electron chi connectivity index (χ3n) is 3.84. The van der Waals surface area contributed by atoms with Crippen molar-refractivity contribution in [1.82, 2.24) is 9.99 Å². The van der Waals surface area contributed by atoms with Crippen molar-refractivity contribution >= 4 is 12.1 Å². The second-order valence-corrected chi connectivity index (χ2v) is 5.51. The number of carbonyl (C=O) groups excluding carboxylic acids is 1. The van der Waals surface area contributed by atoms with Crippen LogP contribution in [0.2, 0.25) is 0 Å². The first-order valence-corrected chi connectivity index (χ1v) is 7.97. The fourth-order valence-electron chi connectivity index (χ4n) is 2.46. The number of rotatable bonds is 5. The first-order chi connectivity index (χ1) is 13.1. The van der Waals surface area contributed by atoms with Gasteiger partial charge in [-0.1, -0.05) is 0 Å². The van der Waals surface area contributed by atoms with Crippen LogP contribution >= 0.6 is 0 Å². The summed E-state index contributed by atoms with van der Waals surface area (Å²) in [4.78, 5) is 12.1. The lowest BCUT2D eigenvalue weighted by molar-refractivity contribution is 0.0951. The number of hydrogen-bond acceptors (Lipinski definition) is 4. The topological polar surface area (TPSA) is 79.4 Å². The molecule has 0 aliphatic heterocycles. The molecule has 1 aromatic heterocycles. The molecule has 0 radical (unpaired) electrons. The Morgan fingerprint density at radius 1 is 1.26 bits per heavy atom. The zero-order valence-electron chi connectivity index (χ0n) is 14.4. The van der Waals surface area contributed by atoms with Crippen molar-refractivity contribution in [2.75, 3.05) is 7.11 Å². The van der Waals surface area contributed by atoms with E-state index in [-0.39, 0.29) is 11.1 Å². The molecule has 27 heavy (non-hydrogen) atoms. The number of nitriles is 1. The van der Waals surface area contributed by atoms with Crippen molar-refractivity contribution in [2.24, 2.45) is 5.10 Å². The molecule has 0 saturated carbocycles. The molecular formula is C20H15FN4O2. The quantitative estimate of drug-likeness (QED) is 0.559. The molecule has 1 heterocycles. The standard InChI is InChI=1S/C20H15FN4O2/c1-27-17-7-5-15(6-8-17)25-10-2-3-16(25)13-23-24-20(26)18-9-4-14(12-22)11-19(18)21/h2-11,13H,1H3,(H,24,26)/b23-13+. The highest BCUT2D eigenvalue weighted by atomic mass is 19.1. The molecule has 134 valence electrons. The van der Waals surface area contributed by atoms with Gasteiger partial charge in [0.1, 0.15) is 11.6 Å². The number of ether oxygens (including phenoxy) is 1. The van der Waals surface area contributed by atoms with E-state index in [1.54, 1.807) is 7.11 Å². The van der Waals surface area contributed by atoms with Gasteiger partial charge >= 0.3 is 0 Å². The zero-order chi connectivity index (χ0) is 19.2. The SMILES string of the molecule is COc1ccc(-n2cccc2/C=N/NC(=O)c2ccc(C#N)cc2F)cc1. The molecule has 7 heteroatoms. The van der Waals surface area contributed by atoms with Crippen molar-refractivity contribution in [3.63, 3.8) is 0 Å². The highest BCUT2D eigenvalue weighted by Gasteiger charge is 2.11. The molecule has 0 atom stereocenters. The van der Waals surface area contributed by atoms with Gasteiger partial charge in [-0.25, -0.2) is 9.82 Å². The van der Waals surface area contributed by atoms with Crippen LogP contribution in [0.15, 0.2) is 65.9 Å². The number of nitrogens with zero attached hydrogens (tertiary/aromatic N) is 3.